The maximum absolute atomic E-state index is 12.6. The van der Waals surface area contributed by atoms with Gasteiger partial charge in [-0.05, 0) is 31.6 Å². The van der Waals surface area contributed by atoms with E-state index in [0.717, 1.165) is 25.9 Å². The number of amides is 1. The van der Waals surface area contributed by atoms with Crippen LogP contribution in [0.1, 0.15) is 58.9 Å². The molecule has 2 heterocycles. The molecular weight excluding hydrogens is 252 g/mol. The minimum absolute atomic E-state index is 0.165. The lowest BCUT2D eigenvalue weighted by molar-refractivity contribution is -0.134. The Labute approximate surface area is 121 Å². The molecule has 0 aliphatic carbocycles. The predicted octanol–water partition coefficient (Wildman–Crippen LogP) is 2.66. The Morgan fingerprint density at radius 2 is 2.05 bits per heavy atom. The number of aromatic nitrogens is 3. The van der Waals surface area contributed by atoms with Crippen LogP contribution in [-0.4, -0.2) is 38.7 Å². The largest absolute Gasteiger partial charge is 0.341 e. The number of carbonyl (C=O) groups excluding carboxylic acids is 1. The van der Waals surface area contributed by atoms with E-state index >= 15 is 0 Å². The van der Waals surface area contributed by atoms with Crippen LogP contribution in [0.15, 0.2) is 12.7 Å². The van der Waals surface area contributed by atoms with Crippen LogP contribution in [0.25, 0.3) is 0 Å². The van der Waals surface area contributed by atoms with Gasteiger partial charge in [-0.3, -0.25) is 4.79 Å². The van der Waals surface area contributed by atoms with Crippen LogP contribution in [0.3, 0.4) is 0 Å². The average molecular weight is 278 g/mol. The van der Waals surface area contributed by atoms with Crippen LogP contribution >= 0.6 is 0 Å². The molecule has 0 unspecified atom stereocenters. The summed E-state index contributed by atoms with van der Waals surface area (Å²) < 4.78 is 1.64. The fourth-order valence-corrected chi connectivity index (χ4v) is 3.23. The van der Waals surface area contributed by atoms with E-state index in [2.05, 4.69) is 23.9 Å². The highest BCUT2D eigenvalue weighted by Crippen LogP contribution is 2.38. The molecule has 1 atom stereocenters. The topological polar surface area (TPSA) is 51.0 Å². The molecule has 1 aliphatic heterocycles. The molecule has 0 N–H and O–H groups in total. The van der Waals surface area contributed by atoms with Crippen molar-refractivity contribution in [2.24, 2.45) is 5.41 Å². The Hall–Kier alpha value is -1.39. The van der Waals surface area contributed by atoms with Gasteiger partial charge in [-0.15, -0.1) is 0 Å². The summed E-state index contributed by atoms with van der Waals surface area (Å²) in [5.74, 6) is 0.165. The molecule has 20 heavy (non-hydrogen) atoms. The molecule has 1 aromatic rings. The molecule has 5 heteroatoms. The van der Waals surface area contributed by atoms with Gasteiger partial charge >= 0.3 is 0 Å². The van der Waals surface area contributed by atoms with Crippen molar-refractivity contribution >= 4 is 5.91 Å². The molecule has 5 nitrogen and oxygen atoms in total. The molecule has 0 radical (unpaired) electrons. The molecule has 1 saturated heterocycles. The van der Waals surface area contributed by atoms with Gasteiger partial charge in [-0.1, -0.05) is 26.7 Å². The van der Waals surface area contributed by atoms with Crippen molar-refractivity contribution in [2.45, 2.75) is 58.9 Å². The van der Waals surface area contributed by atoms with Gasteiger partial charge < -0.3 is 4.90 Å². The zero-order valence-corrected chi connectivity index (χ0v) is 12.9. The fourth-order valence-electron chi connectivity index (χ4n) is 3.23. The summed E-state index contributed by atoms with van der Waals surface area (Å²) >= 11 is 0. The smallest absolute Gasteiger partial charge is 0.247 e. The Morgan fingerprint density at radius 3 is 2.65 bits per heavy atom. The zero-order chi connectivity index (χ0) is 14.6. The van der Waals surface area contributed by atoms with Crippen LogP contribution in [-0.2, 0) is 4.79 Å². The molecule has 0 aromatic carbocycles. The monoisotopic (exact) mass is 278 g/mol. The lowest BCUT2D eigenvalue weighted by Gasteiger charge is -2.30. The van der Waals surface area contributed by atoms with Gasteiger partial charge in [0.1, 0.15) is 18.7 Å². The average Bonchev–Trinajstić information content (AvgIpc) is 2.93. The highest BCUT2D eigenvalue weighted by Gasteiger charge is 2.32. The first-order valence-corrected chi connectivity index (χ1v) is 7.75. The van der Waals surface area contributed by atoms with Crippen molar-refractivity contribution in [1.82, 2.24) is 19.7 Å². The molecule has 2 rings (SSSR count). The third-order valence-corrected chi connectivity index (χ3v) is 5.05. The van der Waals surface area contributed by atoms with E-state index in [1.165, 1.54) is 25.6 Å². The summed E-state index contributed by atoms with van der Waals surface area (Å²) in [6.45, 7) is 8.20. The zero-order valence-electron chi connectivity index (χ0n) is 12.9. The predicted molar refractivity (Wildman–Crippen MR) is 78.2 cm³/mol. The molecule has 0 bridgehead atoms. The van der Waals surface area contributed by atoms with E-state index < -0.39 is 0 Å². The summed E-state index contributed by atoms with van der Waals surface area (Å²) in [4.78, 5) is 18.5. The first-order valence-electron chi connectivity index (χ1n) is 7.75. The first-order chi connectivity index (χ1) is 9.62. The maximum atomic E-state index is 12.6. The molecule has 0 saturated carbocycles. The number of carbonyl (C=O) groups is 1. The summed E-state index contributed by atoms with van der Waals surface area (Å²) in [5.41, 5.74) is 0.436. The van der Waals surface area contributed by atoms with Gasteiger partial charge in [0.2, 0.25) is 5.91 Å². The highest BCUT2D eigenvalue weighted by molar-refractivity contribution is 5.79. The van der Waals surface area contributed by atoms with Gasteiger partial charge in [0.15, 0.2) is 0 Å². The van der Waals surface area contributed by atoms with E-state index in [1.807, 2.05) is 11.8 Å². The van der Waals surface area contributed by atoms with Gasteiger partial charge in [0, 0.05) is 13.1 Å². The third-order valence-electron chi connectivity index (χ3n) is 5.05. The summed E-state index contributed by atoms with van der Waals surface area (Å²) in [6, 6.07) is -0.256. The Morgan fingerprint density at radius 1 is 1.30 bits per heavy atom. The lowest BCUT2D eigenvalue weighted by Crippen LogP contribution is -2.37. The number of hydrogen-bond donors (Lipinski definition) is 0. The number of rotatable bonds is 4. The molecule has 0 spiro atoms. The van der Waals surface area contributed by atoms with E-state index in [4.69, 9.17) is 0 Å². The second-order valence-corrected chi connectivity index (χ2v) is 5.94. The molecule has 1 amide bonds. The van der Waals surface area contributed by atoms with Crippen molar-refractivity contribution in [1.29, 1.82) is 0 Å². The number of hydrogen-bond acceptors (Lipinski definition) is 3. The minimum atomic E-state index is -0.256. The van der Waals surface area contributed by atoms with Crippen LogP contribution in [0.2, 0.25) is 0 Å². The van der Waals surface area contributed by atoms with E-state index in [-0.39, 0.29) is 11.9 Å². The molecular formula is C15H26N4O. The lowest BCUT2D eigenvalue weighted by atomic mass is 9.76. The number of likely N-dealkylation sites (tertiary alicyclic amines) is 1. The highest BCUT2D eigenvalue weighted by atomic mass is 16.2. The summed E-state index contributed by atoms with van der Waals surface area (Å²) in [7, 11) is 0. The summed E-state index contributed by atoms with van der Waals surface area (Å²) in [6.07, 6.45) is 8.98. The summed E-state index contributed by atoms with van der Waals surface area (Å²) in [5, 5.41) is 4.07. The van der Waals surface area contributed by atoms with Crippen molar-refractivity contribution in [3.63, 3.8) is 0 Å². The third kappa shape index (κ3) is 3.02. The normalized spacial score (nSPS) is 20.4. The SMILES string of the molecule is CCC1(CC)CCCN(C(=O)[C@@H](C)n2cncn2)CC1. The Kier molecular flexibility index (Phi) is 4.78. The minimum Gasteiger partial charge on any atom is -0.341 e. The van der Waals surface area contributed by atoms with Crippen LogP contribution < -0.4 is 0 Å². The van der Waals surface area contributed by atoms with Crippen LogP contribution in [0.4, 0.5) is 0 Å². The second-order valence-electron chi connectivity index (χ2n) is 5.94. The second kappa shape index (κ2) is 6.37. The van der Waals surface area contributed by atoms with Gasteiger partial charge in [-0.2, -0.15) is 5.10 Å². The molecule has 1 aromatic heterocycles. The van der Waals surface area contributed by atoms with Crippen molar-refractivity contribution < 1.29 is 4.79 Å². The Bertz CT molecular complexity index is 425. The standard InChI is InChI=1S/C15H26N4O/c1-4-15(5-2)7-6-9-18(10-8-15)14(20)13(3)19-12-16-11-17-19/h11-13H,4-10H2,1-3H3/t13-/m1/s1. The van der Waals surface area contributed by atoms with Crippen molar-refractivity contribution in [3.8, 4) is 0 Å². The van der Waals surface area contributed by atoms with Gasteiger partial charge in [-0.25, -0.2) is 9.67 Å². The van der Waals surface area contributed by atoms with Gasteiger partial charge in [0.05, 0.1) is 0 Å². The molecule has 1 fully saturated rings. The number of nitrogens with zero attached hydrogens (tertiary/aromatic N) is 4. The molecule has 1 aliphatic rings. The van der Waals surface area contributed by atoms with E-state index in [9.17, 15) is 4.79 Å². The quantitative estimate of drug-likeness (QED) is 0.850. The van der Waals surface area contributed by atoms with Crippen LogP contribution in [0.5, 0.6) is 0 Å². The van der Waals surface area contributed by atoms with E-state index in [1.54, 1.807) is 11.0 Å². The first kappa shape index (κ1) is 15.0. The molecule has 112 valence electrons. The maximum Gasteiger partial charge on any atom is 0.247 e. The Balaban J connectivity index is 2.01. The van der Waals surface area contributed by atoms with Crippen molar-refractivity contribution in [3.05, 3.63) is 12.7 Å². The van der Waals surface area contributed by atoms with Crippen LogP contribution in [0, 0.1) is 5.41 Å². The van der Waals surface area contributed by atoms with Gasteiger partial charge in [0.25, 0.3) is 0 Å². The van der Waals surface area contributed by atoms with Crippen molar-refractivity contribution in [2.75, 3.05) is 13.1 Å². The fraction of sp³-hybridized carbons (Fsp3) is 0.800. The van der Waals surface area contributed by atoms with E-state index in [0.29, 0.717) is 5.41 Å².